The number of imidazole rings is 1. The van der Waals surface area contributed by atoms with Crippen LogP contribution >= 0.6 is 0 Å². The van der Waals surface area contributed by atoms with Gasteiger partial charge < -0.3 is 9.88 Å². The first-order chi connectivity index (χ1) is 12.7. The number of benzene rings is 2. The molecule has 2 aromatic carbocycles. The summed E-state index contributed by atoms with van der Waals surface area (Å²) in [6.45, 7) is 2.80. The number of piperidine rings is 1. The van der Waals surface area contributed by atoms with Crippen molar-refractivity contribution in [2.45, 2.75) is 44.6 Å². The van der Waals surface area contributed by atoms with Crippen molar-refractivity contribution < 1.29 is 4.79 Å². The van der Waals surface area contributed by atoms with Crippen LogP contribution in [0.1, 0.15) is 52.5 Å². The smallest absolute Gasteiger partial charge is 0.254 e. The number of carbonyl (C=O) groups is 1. The Labute approximate surface area is 153 Å². The first-order valence-corrected chi connectivity index (χ1v) is 9.56. The lowest BCUT2D eigenvalue weighted by atomic mass is 9.74. The number of nitrogens with zero attached hydrogens (tertiary/aromatic N) is 2. The summed E-state index contributed by atoms with van der Waals surface area (Å²) >= 11 is 0. The lowest BCUT2D eigenvalue weighted by Gasteiger charge is -2.45. The second kappa shape index (κ2) is 5.97. The maximum absolute atomic E-state index is 13.3. The van der Waals surface area contributed by atoms with Crippen molar-refractivity contribution in [3.8, 4) is 0 Å². The Morgan fingerprint density at radius 1 is 1.19 bits per heavy atom. The fraction of sp³-hybridized carbons (Fsp3) is 0.364. The fourth-order valence-electron chi connectivity index (χ4n) is 4.89. The number of H-pyrrole nitrogens is 1. The lowest BCUT2D eigenvalue weighted by Crippen LogP contribution is -2.49. The number of aryl methyl sites for hydroxylation is 2. The molecule has 0 bridgehead atoms. The van der Waals surface area contributed by atoms with Crippen LogP contribution in [-0.4, -0.2) is 33.4 Å². The van der Waals surface area contributed by atoms with E-state index in [1.165, 1.54) is 17.5 Å². The molecule has 1 aliphatic carbocycles. The first-order valence-electron chi connectivity index (χ1n) is 9.56. The van der Waals surface area contributed by atoms with E-state index in [-0.39, 0.29) is 5.91 Å². The van der Waals surface area contributed by atoms with Crippen LogP contribution in [0.4, 0.5) is 0 Å². The van der Waals surface area contributed by atoms with E-state index < -0.39 is 0 Å². The van der Waals surface area contributed by atoms with Gasteiger partial charge in [0.1, 0.15) is 5.82 Å². The lowest BCUT2D eigenvalue weighted by molar-refractivity contribution is 0.0547. The van der Waals surface area contributed by atoms with Gasteiger partial charge in [0.15, 0.2) is 0 Å². The molecule has 1 N–H and O–H groups in total. The third-order valence-electron chi connectivity index (χ3n) is 6.05. The van der Waals surface area contributed by atoms with E-state index in [4.69, 9.17) is 0 Å². The highest BCUT2D eigenvalue weighted by Crippen LogP contribution is 2.41. The molecule has 5 rings (SSSR count). The van der Waals surface area contributed by atoms with Crippen molar-refractivity contribution >= 4 is 16.9 Å². The van der Waals surface area contributed by atoms with Crippen molar-refractivity contribution in [3.05, 3.63) is 65.0 Å². The molecule has 3 aromatic rings. The second-order valence-corrected chi connectivity index (χ2v) is 7.61. The normalized spacial score (nSPS) is 22.1. The largest absolute Gasteiger partial charge is 0.342 e. The quantitative estimate of drug-likeness (QED) is 0.718. The molecule has 4 heteroatoms. The molecule has 4 nitrogen and oxygen atoms in total. The molecule has 0 radical (unpaired) electrons. The summed E-state index contributed by atoms with van der Waals surface area (Å²) in [6.07, 6.45) is 4.40. The molecule has 1 amide bonds. The highest BCUT2D eigenvalue weighted by atomic mass is 16.2. The molecular formula is C22H23N3O. The van der Waals surface area contributed by atoms with Crippen molar-refractivity contribution in [2.75, 3.05) is 6.54 Å². The van der Waals surface area contributed by atoms with Crippen LogP contribution in [0, 0.1) is 6.92 Å². The Hall–Kier alpha value is -2.62. The maximum Gasteiger partial charge on any atom is 0.254 e. The number of nitrogens with one attached hydrogen (secondary N) is 1. The molecule has 2 heterocycles. The number of fused-ring (bicyclic) bond motifs is 4. The van der Waals surface area contributed by atoms with Crippen LogP contribution in [0.25, 0.3) is 11.0 Å². The van der Waals surface area contributed by atoms with Gasteiger partial charge >= 0.3 is 0 Å². The van der Waals surface area contributed by atoms with Crippen LogP contribution in [0.15, 0.2) is 42.5 Å². The average Bonchev–Trinajstić information content (AvgIpc) is 3.06. The molecule has 132 valence electrons. The Morgan fingerprint density at radius 2 is 2.08 bits per heavy atom. The minimum Gasteiger partial charge on any atom is -0.342 e. The van der Waals surface area contributed by atoms with Gasteiger partial charge in [-0.1, -0.05) is 24.3 Å². The van der Waals surface area contributed by atoms with Crippen LogP contribution in [0.2, 0.25) is 0 Å². The molecule has 2 aliphatic rings. The molecule has 0 unspecified atom stereocenters. The number of hydrogen-bond donors (Lipinski definition) is 1. The summed E-state index contributed by atoms with van der Waals surface area (Å²) in [6, 6.07) is 14.9. The molecule has 1 fully saturated rings. The van der Waals surface area contributed by atoms with Crippen LogP contribution in [-0.2, 0) is 6.42 Å². The molecule has 0 spiro atoms. The van der Waals surface area contributed by atoms with Gasteiger partial charge in [0, 0.05) is 24.1 Å². The van der Waals surface area contributed by atoms with E-state index in [1.807, 2.05) is 25.1 Å². The van der Waals surface area contributed by atoms with E-state index in [0.717, 1.165) is 48.2 Å². The Kier molecular flexibility index (Phi) is 3.59. The van der Waals surface area contributed by atoms with Crippen molar-refractivity contribution in [1.82, 2.24) is 14.9 Å². The minimum absolute atomic E-state index is 0.160. The SMILES string of the molecule is Cc1nc2ccc(C(=O)N3CCC[C@@H]4c5ccccc5CC[C@@H]43)cc2[nH]1. The van der Waals surface area contributed by atoms with E-state index >= 15 is 0 Å². The van der Waals surface area contributed by atoms with Gasteiger partial charge in [0.05, 0.1) is 11.0 Å². The number of carbonyl (C=O) groups excluding carboxylic acids is 1. The summed E-state index contributed by atoms with van der Waals surface area (Å²) in [5.41, 5.74) is 5.55. The predicted octanol–water partition coefficient (Wildman–Crippen LogP) is 4.21. The Bertz CT molecular complexity index is 990. The molecule has 26 heavy (non-hydrogen) atoms. The second-order valence-electron chi connectivity index (χ2n) is 7.61. The first kappa shape index (κ1) is 15.6. The number of hydrogen-bond acceptors (Lipinski definition) is 2. The van der Waals surface area contributed by atoms with Gasteiger partial charge in [-0.2, -0.15) is 0 Å². The number of aromatic nitrogens is 2. The summed E-state index contributed by atoms with van der Waals surface area (Å²) in [7, 11) is 0. The highest BCUT2D eigenvalue weighted by molar-refractivity contribution is 5.97. The molecule has 2 atom stereocenters. The molecule has 0 saturated carbocycles. The fourth-order valence-corrected chi connectivity index (χ4v) is 4.89. The summed E-state index contributed by atoms with van der Waals surface area (Å²) in [5, 5.41) is 0. The maximum atomic E-state index is 13.3. The van der Waals surface area contributed by atoms with Crippen LogP contribution < -0.4 is 0 Å². The molecule has 1 saturated heterocycles. The number of rotatable bonds is 1. The number of likely N-dealkylation sites (tertiary alicyclic amines) is 1. The zero-order chi connectivity index (χ0) is 17.7. The van der Waals surface area contributed by atoms with Gasteiger partial charge in [0.2, 0.25) is 0 Å². The highest BCUT2D eigenvalue weighted by Gasteiger charge is 2.38. The third-order valence-corrected chi connectivity index (χ3v) is 6.05. The van der Waals surface area contributed by atoms with Crippen molar-refractivity contribution in [3.63, 3.8) is 0 Å². The molecule has 1 aromatic heterocycles. The average molecular weight is 345 g/mol. The Balaban J connectivity index is 1.48. The van der Waals surface area contributed by atoms with E-state index in [9.17, 15) is 4.79 Å². The predicted molar refractivity (Wildman–Crippen MR) is 102 cm³/mol. The van der Waals surface area contributed by atoms with E-state index in [1.54, 1.807) is 0 Å². The summed E-state index contributed by atoms with van der Waals surface area (Å²) in [5.74, 6) is 1.52. The van der Waals surface area contributed by atoms with Crippen molar-refractivity contribution in [2.24, 2.45) is 0 Å². The Morgan fingerprint density at radius 3 is 3.00 bits per heavy atom. The van der Waals surface area contributed by atoms with Crippen molar-refractivity contribution in [1.29, 1.82) is 0 Å². The topological polar surface area (TPSA) is 49.0 Å². The standard InChI is InChI=1S/C22H23N3O/c1-14-23-19-10-8-16(13-20(19)24-14)22(26)25-12-4-7-18-17-6-3-2-5-15(17)9-11-21(18)25/h2-3,5-6,8,10,13,18,21H,4,7,9,11-12H2,1H3,(H,23,24)/t18-,21+/m1/s1. The van der Waals surface area contributed by atoms with Crippen LogP contribution in [0.3, 0.4) is 0 Å². The summed E-state index contributed by atoms with van der Waals surface area (Å²) < 4.78 is 0. The zero-order valence-corrected chi connectivity index (χ0v) is 15.0. The van der Waals surface area contributed by atoms with E-state index in [2.05, 4.69) is 39.1 Å². The van der Waals surface area contributed by atoms with Gasteiger partial charge in [-0.15, -0.1) is 0 Å². The van der Waals surface area contributed by atoms with Gasteiger partial charge in [-0.05, 0) is 61.9 Å². The van der Waals surface area contributed by atoms with Gasteiger partial charge in [-0.3, -0.25) is 4.79 Å². The van der Waals surface area contributed by atoms with Gasteiger partial charge in [-0.25, -0.2) is 4.98 Å². The molecular weight excluding hydrogens is 322 g/mol. The molecule has 1 aliphatic heterocycles. The van der Waals surface area contributed by atoms with E-state index in [0.29, 0.717) is 12.0 Å². The summed E-state index contributed by atoms with van der Waals surface area (Å²) in [4.78, 5) is 23.1. The van der Waals surface area contributed by atoms with Crippen LogP contribution in [0.5, 0.6) is 0 Å². The monoisotopic (exact) mass is 345 g/mol. The number of amides is 1. The number of aromatic amines is 1. The van der Waals surface area contributed by atoms with Gasteiger partial charge in [0.25, 0.3) is 5.91 Å². The zero-order valence-electron chi connectivity index (χ0n) is 15.0. The third kappa shape index (κ3) is 2.44. The minimum atomic E-state index is 0.160.